The van der Waals surface area contributed by atoms with Gasteiger partial charge in [0.05, 0.1) is 0 Å². The highest BCUT2D eigenvalue weighted by Gasteiger charge is 2.48. The van der Waals surface area contributed by atoms with E-state index in [2.05, 4.69) is 43.6 Å². The Labute approximate surface area is 111 Å². The Kier molecular flexibility index (Phi) is 2.97. The minimum absolute atomic E-state index is 0.515. The zero-order chi connectivity index (χ0) is 12.6. The predicted octanol–water partition coefficient (Wildman–Crippen LogP) is 3.81. The summed E-state index contributed by atoms with van der Waals surface area (Å²) >= 11 is 0. The molecule has 3 fully saturated rings. The molecule has 3 aliphatic carbocycles. The number of nitrogens with one attached hydrogen (secondary N) is 1. The Balaban J connectivity index is 1.84. The lowest BCUT2D eigenvalue weighted by atomic mass is 9.52. The van der Waals surface area contributed by atoms with Gasteiger partial charge < -0.3 is 5.32 Å². The third-order valence-electron chi connectivity index (χ3n) is 5.58. The van der Waals surface area contributed by atoms with Gasteiger partial charge in [0.15, 0.2) is 0 Å². The summed E-state index contributed by atoms with van der Waals surface area (Å²) in [4.78, 5) is 0. The van der Waals surface area contributed by atoms with E-state index in [-0.39, 0.29) is 0 Å². The smallest absolute Gasteiger partial charge is 0.000482 e. The summed E-state index contributed by atoms with van der Waals surface area (Å²) < 4.78 is 0. The van der Waals surface area contributed by atoms with E-state index in [0.717, 1.165) is 0 Å². The minimum Gasteiger partial charge on any atom is -0.319 e. The summed E-state index contributed by atoms with van der Waals surface area (Å²) in [6, 6.07) is 9.25. The van der Waals surface area contributed by atoms with E-state index in [1.165, 1.54) is 50.6 Å². The van der Waals surface area contributed by atoms with Crippen molar-refractivity contribution in [1.29, 1.82) is 0 Å². The van der Waals surface area contributed by atoms with E-state index >= 15 is 0 Å². The van der Waals surface area contributed by atoms with Gasteiger partial charge in [-0.3, -0.25) is 0 Å². The maximum atomic E-state index is 3.42. The SMILES string of the molecule is CNCC12CCC(c3cccc(C)c3)(CC1)CC2. The van der Waals surface area contributed by atoms with Crippen molar-refractivity contribution < 1.29 is 0 Å². The number of rotatable bonds is 3. The number of benzene rings is 1. The first-order chi connectivity index (χ1) is 8.68. The summed E-state index contributed by atoms with van der Waals surface area (Å²) in [5.74, 6) is 0. The molecule has 1 nitrogen and oxygen atoms in total. The molecule has 1 N–H and O–H groups in total. The molecular formula is C17H25N. The highest BCUT2D eigenvalue weighted by molar-refractivity contribution is 5.31. The first-order valence-corrected chi connectivity index (χ1v) is 7.40. The standard InChI is InChI=1S/C17H25N/c1-14-4-3-5-15(12-14)17-9-6-16(7-10-17,8-11-17)13-18-2/h3-5,12,18H,6-11,13H2,1-2H3. The third kappa shape index (κ3) is 1.89. The first-order valence-electron chi connectivity index (χ1n) is 7.40. The molecule has 0 aliphatic heterocycles. The molecule has 1 aromatic rings. The Morgan fingerprint density at radius 3 is 2.28 bits per heavy atom. The molecule has 1 aromatic carbocycles. The first kappa shape index (κ1) is 12.2. The second kappa shape index (κ2) is 4.38. The molecule has 3 saturated carbocycles. The molecule has 18 heavy (non-hydrogen) atoms. The molecule has 0 saturated heterocycles. The Bertz CT molecular complexity index is 410. The molecule has 2 bridgehead atoms. The summed E-state index contributed by atoms with van der Waals surface area (Å²) in [5.41, 5.74) is 4.17. The van der Waals surface area contributed by atoms with Crippen LogP contribution in [0.15, 0.2) is 24.3 Å². The molecule has 0 unspecified atom stereocenters. The van der Waals surface area contributed by atoms with Gasteiger partial charge in [-0.15, -0.1) is 0 Å². The summed E-state index contributed by atoms with van der Waals surface area (Å²) in [6.07, 6.45) is 8.46. The van der Waals surface area contributed by atoms with E-state index in [9.17, 15) is 0 Å². The summed E-state index contributed by atoms with van der Waals surface area (Å²) in [5, 5.41) is 3.42. The lowest BCUT2D eigenvalue weighted by molar-refractivity contribution is 0.0415. The Morgan fingerprint density at radius 2 is 1.72 bits per heavy atom. The second-order valence-electron chi connectivity index (χ2n) is 6.68. The lowest BCUT2D eigenvalue weighted by Crippen LogP contribution is -2.47. The topological polar surface area (TPSA) is 12.0 Å². The van der Waals surface area contributed by atoms with Gasteiger partial charge >= 0.3 is 0 Å². The number of fused-ring (bicyclic) bond motifs is 3. The fraction of sp³-hybridized carbons (Fsp3) is 0.647. The number of hydrogen-bond donors (Lipinski definition) is 1. The zero-order valence-electron chi connectivity index (χ0n) is 11.8. The van der Waals surface area contributed by atoms with Crippen LogP contribution in [0.2, 0.25) is 0 Å². The molecule has 0 radical (unpaired) electrons. The van der Waals surface area contributed by atoms with Crippen LogP contribution in [0.4, 0.5) is 0 Å². The molecule has 1 heteroatoms. The van der Waals surface area contributed by atoms with Gasteiger partial charge in [0, 0.05) is 6.54 Å². The molecule has 0 amide bonds. The monoisotopic (exact) mass is 243 g/mol. The number of hydrogen-bond acceptors (Lipinski definition) is 1. The Hall–Kier alpha value is -0.820. The van der Waals surface area contributed by atoms with Crippen LogP contribution in [-0.4, -0.2) is 13.6 Å². The largest absolute Gasteiger partial charge is 0.319 e. The average Bonchev–Trinajstić information content (AvgIpc) is 2.41. The van der Waals surface area contributed by atoms with E-state index < -0.39 is 0 Å². The van der Waals surface area contributed by atoms with Crippen molar-refractivity contribution in [2.75, 3.05) is 13.6 Å². The van der Waals surface area contributed by atoms with E-state index in [0.29, 0.717) is 10.8 Å². The van der Waals surface area contributed by atoms with Crippen molar-refractivity contribution in [3.8, 4) is 0 Å². The molecule has 0 aromatic heterocycles. The maximum absolute atomic E-state index is 3.42. The van der Waals surface area contributed by atoms with Crippen LogP contribution < -0.4 is 5.32 Å². The van der Waals surface area contributed by atoms with Gasteiger partial charge in [0.1, 0.15) is 0 Å². The molecule has 0 atom stereocenters. The molecular weight excluding hydrogens is 218 g/mol. The second-order valence-corrected chi connectivity index (χ2v) is 6.68. The van der Waals surface area contributed by atoms with Crippen LogP contribution in [-0.2, 0) is 5.41 Å². The van der Waals surface area contributed by atoms with Crippen LogP contribution in [0, 0.1) is 12.3 Å². The van der Waals surface area contributed by atoms with Gasteiger partial charge in [-0.25, -0.2) is 0 Å². The van der Waals surface area contributed by atoms with Crippen LogP contribution >= 0.6 is 0 Å². The van der Waals surface area contributed by atoms with E-state index in [1.807, 2.05) is 0 Å². The van der Waals surface area contributed by atoms with Crippen molar-refractivity contribution in [3.05, 3.63) is 35.4 Å². The molecule has 3 aliphatic rings. The van der Waals surface area contributed by atoms with Crippen molar-refractivity contribution in [3.63, 3.8) is 0 Å². The highest BCUT2D eigenvalue weighted by Crippen LogP contribution is 2.57. The average molecular weight is 243 g/mol. The molecule has 4 rings (SSSR count). The third-order valence-corrected chi connectivity index (χ3v) is 5.58. The van der Waals surface area contributed by atoms with Gasteiger partial charge in [-0.1, -0.05) is 29.8 Å². The van der Waals surface area contributed by atoms with Gasteiger partial charge in [0.2, 0.25) is 0 Å². The fourth-order valence-electron chi connectivity index (χ4n) is 4.31. The minimum atomic E-state index is 0.515. The van der Waals surface area contributed by atoms with Gasteiger partial charge in [-0.05, 0) is 68.9 Å². The van der Waals surface area contributed by atoms with Crippen molar-refractivity contribution in [1.82, 2.24) is 5.32 Å². The zero-order valence-corrected chi connectivity index (χ0v) is 11.8. The normalized spacial score (nSPS) is 34.8. The van der Waals surface area contributed by atoms with Crippen LogP contribution in [0.25, 0.3) is 0 Å². The molecule has 0 heterocycles. The highest BCUT2D eigenvalue weighted by atomic mass is 14.8. The summed E-state index contributed by atoms with van der Waals surface area (Å²) in [7, 11) is 2.10. The Morgan fingerprint density at radius 1 is 1.06 bits per heavy atom. The molecule has 0 spiro atoms. The quantitative estimate of drug-likeness (QED) is 0.851. The van der Waals surface area contributed by atoms with E-state index in [1.54, 1.807) is 5.56 Å². The number of aryl methyl sites for hydroxylation is 1. The van der Waals surface area contributed by atoms with Crippen LogP contribution in [0.3, 0.4) is 0 Å². The maximum Gasteiger partial charge on any atom is 0.000482 e. The van der Waals surface area contributed by atoms with Gasteiger partial charge in [-0.2, -0.15) is 0 Å². The van der Waals surface area contributed by atoms with Crippen molar-refractivity contribution in [2.45, 2.75) is 50.9 Å². The van der Waals surface area contributed by atoms with Crippen molar-refractivity contribution >= 4 is 0 Å². The predicted molar refractivity (Wildman–Crippen MR) is 76.9 cm³/mol. The van der Waals surface area contributed by atoms with Crippen LogP contribution in [0.1, 0.15) is 49.7 Å². The van der Waals surface area contributed by atoms with Gasteiger partial charge in [0.25, 0.3) is 0 Å². The van der Waals surface area contributed by atoms with E-state index in [4.69, 9.17) is 0 Å². The lowest BCUT2D eigenvalue weighted by Gasteiger charge is -2.54. The summed E-state index contributed by atoms with van der Waals surface area (Å²) in [6.45, 7) is 3.44. The van der Waals surface area contributed by atoms with Crippen molar-refractivity contribution in [2.24, 2.45) is 5.41 Å². The fourth-order valence-corrected chi connectivity index (χ4v) is 4.31. The molecule has 98 valence electrons. The van der Waals surface area contributed by atoms with Crippen LogP contribution in [0.5, 0.6) is 0 Å².